The van der Waals surface area contributed by atoms with Crippen LogP contribution in [0.2, 0.25) is 0 Å². The average molecular weight is 471 g/mol. The molecule has 0 bridgehead atoms. The Balaban J connectivity index is 1.62. The highest BCUT2D eigenvalue weighted by atomic mass is 32.2. The molecule has 0 aliphatic carbocycles. The molecule has 176 valence electrons. The van der Waals surface area contributed by atoms with Crippen LogP contribution >= 0.6 is 0 Å². The van der Waals surface area contributed by atoms with Crippen LogP contribution in [0, 0.1) is 0 Å². The molecule has 0 spiro atoms. The van der Waals surface area contributed by atoms with Crippen molar-refractivity contribution in [3.05, 3.63) is 59.8 Å². The quantitative estimate of drug-likeness (QED) is 0.437. The van der Waals surface area contributed by atoms with E-state index in [-0.39, 0.29) is 30.5 Å². The number of nitrogens with one attached hydrogen (secondary N) is 1. The number of aromatic nitrogens is 1. The van der Waals surface area contributed by atoms with E-state index >= 15 is 0 Å². The zero-order valence-electron chi connectivity index (χ0n) is 18.7. The molecule has 0 radical (unpaired) electrons. The van der Waals surface area contributed by atoms with Crippen molar-refractivity contribution < 1.29 is 18.4 Å². The Morgan fingerprint density at radius 2 is 1.88 bits per heavy atom. The number of nitrogens with zero attached hydrogens (tertiary/aromatic N) is 2. The summed E-state index contributed by atoms with van der Waals surface area (Å²) in [6.07, 6.45) is 3.55. The van der Waals surface area contributed by atoms with E-state index in [1.165, 1.54) is 11.4 Å². The number of carbonyl (C=O) groups excluding carboxylic acids is 1. The van der Waals surface area contributed by atoms with Gasteiger partial charge in [-0.3, -0.25) is 4.79 Å². The smallest absolute Gasteiger partial charge is 0.221 e. The summed E-state index contributed by atoms with van der Waals surface area (Å²) in [5.41, 5.74) is 10.5. The van der Waals surface area contributed by atoms with Crippen LogP contribution in [0.4, 0.5) is 0 Å². The fraction of sp³-hybridized carbons (Fsp3) is 0.375. The summed E-state index contributed by atoms with van der Waals surface area (Å²) in [6.45, 7) is 0.971. The van der Waals surface area contributed by atoms with Crippen LogP contribution in [0.15, 0.2) is 48.7 Å². The summed E-state index contributed by atoms with van der Waals surface area (Å²) in [4.78, 5) is 15.1. The van der Waals surface area contributed by atoms with Crippen LogP contribution in [0.5, 0.6) is 0 Å². The minimum Gasteiger partial charge on any atom is -0.369 e. The molecule has 0 unspecified atom stereocenters. The number of hydrogen-bond donors (Lipinski definition) is 3. The standard InChI is InChI=1S/C24H30N4O4S/c1-27(30)11-12-33(31,32)28-9-7-18(8-10-28)22-16-26-24-20(15-23(25)29)13-19(14-21(22)24)17-5-3-2-4-6-17/h2-6,13-14,16,18,26,30H,7-12,15H2,1H3,(H2,25,29). The normalized spacial score (nSPS) is 16.0. The molecule has 3 aromatic rings. The maximum absolute atomic E-state index is 12.6. The van der Waals surface area contributed by atoms with E-state index in [9.17, 15) is 18.4 Å². The first-order valence-corrected chi connectivity index (χ1v) is 12.7. The molecule has 4 N–H and O–H groups in total. The fourth-order valence-corrected chi connectivity index (χ4v) is 6.13. The number of carbonyl (C=O) groups is 1. The van der Waals surface area contributed by atoms with E-state index in [4.69, 9.17) is 5.73 Å². The molecule has 0 atom stereocenters. The van der Waals surface area contributed by atoms with Gasteiger partial charge < -0.3 is 15.9 Å². The molecule has 2 heterocycles. The Labute approximate surface area is 194 Å². The van der Waals surface area contributed by atoms with Gasteiger partial charge >= 0.3 is 0 Å². The number of hydroxylamine groups is 2. The number of aromatic amines is 1. The number of benzene rings is 2. The number of hydrogen-bond acceptors (Lipinski definition) is 5. The monoisotopic (exact) mass is 470 g/mol. The first-order valence-electron chi connectivity index (χ1n) is 11.1. The number of primary amides is 1. The first-order chi connectivity index (χ1) is 15.7. The van der Waals surface area contributed by atoms with E-state index in [0.717, 1.165) is 38.2 Å². The third kappa shape index (κ3) is 5.27. The lowest BCUT2D eigenvalue weighted by Gasteiger charge is -2.31. The third-order valence-electron chi connectivity index (χ3n) is 6.33. The maximum Gasteiger partial charge on any atom is 0.221 e. The lowest BCUT2D eigenvalue weighted by molar-refractivity contribution is -0.117. The molecule has 4 rings (SSSR count). The summed E-state index contributed by atoms with van der Waals surface area (Å²) in [5, 5.41) is 11.2. The van der Waals surface area contributed by atoms with E-state index in [0.29, 0.717) is 25.9 Å². The van der Waals surface area contributed by atoms with Crippen LogP contribution < -0.4 is 5.73 Å². The molecule has 0 saturated carbocycles. The van der Waals surface area contributed by atoms with Gasteiger partial charge in [0.05, 0.1) is 12.2 Å². The van der Waals surface area contributed by atoms with Crippen molar-refractivity contribution in [1.82, 2.24) is 14.4 Å². The molecule has 1 aromatic heterocycles. The maximum atomic E-state index is 12.6. The molecule has 8 nitrogen and oxygen atoms in total. The number of piperidine rings is 1. The minimum atomic E-state index is -3.40. The SMILES string of the molecule is CN(O)CCS(=O)(=O)N1CCC(c2c[nH]c3c(CC(N)=O)cc(-c4ccccc4)cc23)CC1. The minimum absolute atomic E-state index is 0.0790. The zero-order chi connectivity index (χ0) is 23.6. The summed E-state index contributed by atoms with van der Waals surface area (Å²) in [5.74, 6) is -0.280. The van der Waals surface area contributed by atoms with Crippen molar-refractivity contribution in [2.75, 3.05) is 32.4 Å². The molecule has 1 saturated heterocycles. The van der Waals surface area contributed by atoms with Gasteiger partial charge in [0, 0.05) is 43.8 Å². The molecule has 1 fully saturated rings. The molecule has 1 aliphatic heterocycles. The van der Waals surface area contributed by atoms with Crippen LogP contribution in [-0.2, 0) is 21.2 Å². The second-order valence-corrected chi connectivity index (χ2v) is 10.8. The Hall–Kier alpha value is -2.72. The van der Waals surface area contributed by atoms with Crippen LogP contribution in [-0.4, -0.2) is 66.3 Å². The molecular weight excluding hydrogens is 440 g/mol. The highest BCUT2D eigenvalue weighted by molar-refractivity contribution is 7.89. The van der Waals surface area contributed by atoms with Crippen LogP contribution in [0.3, 0.4) is 0 Å². The average Bonchev–Trinajstić information content (AvgIpc) is 3.22. The molecule has 1 amide bonds. The summed E-state index contributed by atoms with van der Waals surface area (Å²) in [7, 11) is -1.96. The largest absolute Gasteiger partial charge is 0.369 e. The van der Waals surface area contributed by atoms with Crippen molar-refractivity contribution in [2.45, 2.75) is 25.2 Å². The number of rotatable bonds is 8. The van der Waals surface area contributed by atoms with Gasteiger partial charge in [0.25, 0.3) is 0 Å². The second-order valence-electron chi connectivity index (χ2n) is 8.68. The highest BCUT2D eigenvalue weighted by Gasteiger charge is 2.30. The highest BCUT2D eigenvalue weighted by Crippen LogP contribution is 2.37. The summed E-state index contributed by atoms with van der Waals surface area (Å²) >= 11 is 0. The van der Waals surface area contributed by atoms with E-state index in [1.807, 2.05) is 42.6 Å². The number of fused-ring (bicyclic) bond motifs is 1. The first kappa shape index (κ1) is 23.4. The number of amides is 1. The van der Waals surface area contributed by atoms with Gasteiger partial charge in [-0.2, -0.15) is 5.06 Å². The number of H-pyrrole nitrogens is 1. The lowest BCUT2D eigenvalue weighted by atomic mass is 9.88. The Kier molecular flexibility index (Phi) is 6.85. The van der Waals surface area contributed by atoms with Gasteiger partial charge in [0.1, 0.15) is 0 Å². The van der Waals surface area contributed by atoms with Crippen molar-refractivity contribution in [1.29, 1.82) is 0 Å². The Bertz CT molecular complexity index is 1230. The van der Waals surface area contributed by atoms with Crippen molar-refractivity contribution in [2.24, 2.45) is 5.73 Å². The number of sulfonamides is 1. The Morgan fingerprint density at radius 1 is 1.18 bits per heavy atom. The van der Waals surface area contributed by atoms with Crippen molar-refractivity contribution >= 4 is 26.8 Å². The molecule has 9 heteroatoms. The fourth-order valence-electron chi connectivity index (χ4n) is 4.61. The van der Waals surface area contributed by atoms with E-state index < -0.39 is 10.0 Å². The number of nitrogens with two attached hydrogens (primary N) is 1. The van der Waals surface area contributed by atoms with E-state index in [1.54, 1.807) is 0 Å². The predicted molar refractivity (Wildman–Crippen MR) is 128 cm³/mol. The molecule has 33 heavy (non-hydrogen) atoms. The van der Waals surface area contributed by atoms with Gasteiger partial charge in [-0.15, -0.1) is 0 Å². The third-order valence-corrected chi connectivity index (χ3v) is 8.19. The molecular formula is C24H30N4O4S. The lowest BCUT2D eigenvalue weighted by Crippen LogP contribution is -2.41. The molecule has 2 aromatic carbocycles. The summed E-state index contributed by atoms with van der Waals surface area (Å²) in [6, 6.07) is 14.2. The van der Waals surface area contributed by atoms with Gasteiger partial charge in [0.2, 0.25) is 15.9 Å². The van der Waals surface area contributed by atoms with Crippen LogP contribution in [0.1, 0.15) is 29.9 Å². The van der Waals surface area contributed by atoms with Gasteiger partial charge in [-0.25, -0.2) is 12.7 Å². The predicted octanol–water partition coefficient (Wildman–Crippen LogP) is 2.69. The summed E-state index contributed by atoms with van der Waals surface area (Å²) < 4.78 is 26.7. The van der Waals surface area contributed by atoms with Crippen molar-refractivity contribution in [3.63, 3.8) is 0 Å². The van der Waals surface area contributed by atoms with Gasteiger partial charge in [-0.1, -0.05) is 30.3 Å². The van der Waals surface area contributed by atoms with Gasteiger partial charge in [-0.05, 0) is 53.1 Å². The second kappa shape index (κ2) is 9.64. The molecule has 1 aliphatic rings. The van der Waals surface area contributed by atoms with Crippen molar-refractivity contribution in [3.8, 4) is 11.1 Å². The van der Waals surface area contributed by atoms with Crippen LogP contribution in [0.25, 0.3) is 22.0 Å². The topological polar surface area (TPSA) is 120 Å². The van der Waals surface area contributed by atoms with Gasteiger partial charge in [0.15, 0.2) is 0 Å². The van der Waals surface area contributed by atoms with E-state index in [2.05, 4.69) is 11.1 Å². The zero-order valence-corrected chi connectivity index (χ0v) is 19.5. The Morgan fingerprint density at radius 3 is 2.52 bits per heavy atom.